The Morgan fingerprint density at radius 1 is 1.24 bits per heavy atom. The van der Waals surface area contributed by atoms with Crippen LogP contribution in [0.15, 0.2) is 58.9 Å². The summed E-state index contributed by atoms with van der Waals surface area (Å²) >= 11 is 1.93. The molecule has 0 spiro atoms. The Hall–Kier alpha value is -4.12. The van der Waals surface area contributed by atoms with Crippen LogP contribution in [0.1, 0.15) is 54.4 Å². The second-order valence-electron chi connectivity index (χ2n) is 10.1. The number of benzene rings is 1. The minimum atomic E-state index is -0.0608. The van der Waals surface area contributed by atoms with Crippen molar-refractivity contribution in [2.45, 2.75) is 38.0 Å². The number of nitrogens with zero attached hydrogens (tertiary/aromatic N) is 6. The Morgan fingerprint density at radius 3 is 2.60 bits per heavy atom. The number of amides is 2. The maximum atomic E-state index is 12.3. The van der Waals surface area contributed by atoms with Crippen molar-refractivity contribution in [2.75, 3.05) is 51.9 Å². The van der Waals surface area contributed by atoms with E-state index >= 15 is 0 Å². The third-order valence-corrected chi connectivity index (χ3v) is 8.49. The molecule has 2 amide bonds. The van der Waals surface area contributed by atoms with Crippen molar-refractivity contribution in [3.8, 4) is 5.75 Å². The van der Waals surface area contributed by atoms with E-state index in [-0.39, 0.29) is 6.03 Å². The summed E-state index contributed by atoms with van der Waals surface area (Å²) in [5.41, 5.74) is 11.4. The average molecular weight is 589 g/mol. The minimum Gasteiger partial charge on any atom is -0.496 e. The molecule has 3 N–H and O–H groups in total. The number of nitrogens with two attached hydrogens (primary N) is 1. The molecule has 11 heteroatoms. The summed E-state index contributed by atoms with van der Waals surface area (Å²) in [5.74, 6) is 3.85. The summed E-state index contributed by atoms with van der Waals surface area (Å²) in [7, 11) is 5.21. The van der Waals surface area contributed by atoms with Gasteiger partial charge < -0.3 is 20.7 Å². The van der Waals surface area contributed by atoms with Crippen LogP contribution in [0.25, 0.3) is 5.57 Å². The first-order valence-corrected chi connectivity index (χ1v) is 15.1. The molecule has 42 heavy (non-hydrogen) atoms. The van der Waals surface area contributed by atoms with Crippen molar-refractivity contribution in [3.05, 3.63) is 77.3 Å². The lowest BCUT2D eigenvalue weighted by molar-refractivity contribution is 0.213. The second kappa shape index (κ2) is 14.2. The van der Waals surface area contributed by atoms with Crippen LogP contribution in [0.4, 0.5) is 10.5 Å². The highest BCUT2D eigenvalue weighted by Gasteiger charge is 2.30. The number of amidine groups is 1. The number of aryl methyl sites for hydroxylation is 1. The lowest BCUT2D eigenvalue weighted by Gasteiger charge is -2.22. The monoisotopic (exact) mass is 588 g/mol. The molecule has 1 unspecified atom stereocenters. The van der Waals surface area contributed by atoms with E-state index in [1.807, 2.05) is 24.8 Å². The molecule has 1 atom stereocenters. The van der Waals surface area contributed by atoms with Gasteiger partial charge >= 0.3 is 6.03 Å². The zero-order valence-electron chi connectivity index (χ0n) is 25.2. The van der Waals surface area contributed by atoms with Gasteiger partial charge in [0.05, 0.1) is 24.1 Å². The minimum absolute atomic E-state index is 0.0608. The van der Waals surface area contributed by atoms with Gasteiger partial charge in [0.15, 0.2) is 5.82 Å². The van der Waals surface area contributed by atoms with Crippen LogP contribution in [-0.4, -0.2) is 83.2 Å². The highest BCUT2D eigenvalue weighted by molar-refractivity contribution is 7.99. The Morgan fingerprint density at radius 2 is 2.00 bits per heavy atom. The van der Waals surface area contributed by atoms with Gasteiger partial charge in [0, 0.05) is 80.8 Å². The van der Waals surface area contributed by atoms with Gasteiger partial charge in [-0.05, 0) is 48.6 Å². The van der Waals surface area contributed by atoms with Gasteiger partial charge in [-0.2, -0.15) is 0 Å². The maximum absolute atomic E-state index is 12.3. The number of urea groups is 1. The number of nitrogens with one attached hydrogen (secondary N) is 1. The number of rotatable bonds is 6. The Balaban J connectivity index is 0.000000216. The lowest BCUT2D eigenvalue weighted by atomic mass is 9.97. The molecule has 1 fully saturated rings. The number of carbonyl (C=O) groups excluding carboxylic acids is 1. The normalized spacial score (nSPS) is 15.9. The van der Waals surface area contributed by atoms with E-state index in [1.54, 1.807) is 55.7 Å². The second-order valence-corrected chi connectivity index (χ2v) is 11.3. The molecule has 0 bridgehead atoms. The fourth-order valence-corrected chi connectivity index (χ4v) is 5.76. The molecular formula is C31H40N8O2S. The number of thioether (sulfide) groups is 1. The molecule has 0 aliphatic carbocycles. The first-order chi connectivity index (χ1) is 20.3. The van der Waals surface area contributed by atoms with Gasteiger partial charge in [-0.1, -0.05) is 13.8 Å². The predicted octanol–water partition coefficient (Wildman–Crippen LogP) is 5.00. The molecule has 2 aliphatic heterocycles. The summed E-state index contributed by atoms with van der Waals surface area (Å²) in [5, 5.41) is 3.42. The van der Waals surface area contributed by atoms with Crippen molar-refractivity contribution in [2.24, 2.45) is 10.7 Å². The summed E-state index contributed by atoms with van der Waals surface area (Å²) in [6.07, 6.45) is 7.62. The standard InChI is InChI=1S/C18H21N7O.C13H19NOS/c1-12-9-15(13(10-19)16-21-5-4-6-22-16)23-11-14(12)17(20-2)25-8-7-24(3)18(25)26;1-4-9(2)10-7-13-11(8-12(10)15-3)14-5-6-16-13/h4-6,9-11H,7-8,19H2,1-3H3;7-9,14H,4-6H2,1-3H3/b13-10-,20-17?;. The van der Waals surface area contributed by atoms with Gasteiger partial charge in [-0.15, -0.1) is 11.8 Å². The molecule has 1 aromatic carbocycles. The van der Waals surface area contributed by atoms with Crippen molar-refractivity contribution in [1.29, 1.82) is 0 Å². The molecule has 4 heterocycles. The fraction of sp³-hybridized carbons (Fsp3) is 0.387. The van der Waals surface area contributed by atoms with Gasteiger partial charge in [0.1, 0.15) is 11.6 Å². The number of aromatic nitrogens is 3. The molecule has 5 rings (SSSR count). The van der Waals surface area contributed by atoms with E-state index in [4.69, 9.17) is 10.5 Å². The number of likely N-dealkylation sites (N-methyl/N-ethyl adjacent to an activating group) is 1. The SMILES string of the molecule is CCC(C)c1cc2c(cc1OC)NCCS2.CN=C(c1cnc(/C(=C/N)c2ncccn2)cc1C)N1CCN(C)C1=O. The number of hydrogen-bond donors (Lipinski definition) is 2. The van der Waals surface area contributed by atoms with Crippen LogP contribution in [0.2, 0.25) is 0 Å². The van der Waals surface area contributed by atoms with Crippen LogP contribution in [0, 0.1) is 6.92 Å². The van der Waals surface area contributed by atoms with Gasteiger partial charge in [0.2, 0.25) is 0 Å². The molecule has 2 aromatic heterocycles. The third-order valence-electron chi connectivity index (χ3n) is 7.44. The molecule has 3 aromatic rings. The number of methoxy groups -OCH3 is 1. The summed E-state index contributed by atoms with van der Waals surface area (Å²) in [6.45, 7) is 8.75. The number of pyridine rings is 1. The molecule has 1 saturated heterocycles. The van der Waals surface area contributed by atoms with Crippen molar-refractivity contribution in [3.63, 3.8) is 0 Å². The highest BCUT2D eigenvalue weighted by Crippen LogP contribution is 2.39. The largest absolute Gasteiger partial charge is 0.496 e. The van der Waals surface area contributed by atoms with E-state index in [0.717, 1.165) is 35.6 Å². The first kappa shape index (κ1) is 30.8. The van der Waals surface area contributed by atoms with E-state index < -0.39 is 0 Å². The van der Waals surface area contributed by atoms with Gasteiger partial charge in [-0.25, -0.2) is 14.8 Å². The maximum Gasteiger partial charge on any atom is 0.325 e. The Labute approximate surface area is 252 Å². The van der Waals surface area contributed by atoms with E-state index in [0.29, 0.717) is 41.9 Å². The van der Waals surface area contributed by atoms with E-state index in [2.05, 4.69) is 51.2 Å². The van der Waals surface area contributed by atoms with Gasteiger partial charge in [-0.3, -0.25) is 14.9 Å². The third kappa shape index (κ3) is 6.67. The fourth-order valence-electron chi connectivity index (χ4n) is 4.84. The number of hydrogen-bond acceptors (Lipinski definition) is 9. The number of aliphatic imine (C=N–C) groups is 1. The van der Waals surface area contributed by atoms with Crippen LogP contribution >= 0.6 is 11.8 Å². The first-order valence-electron chi connectivity index (χ1n) is 14.1. The molecule has 10 nitrogen and oxygen atoms in total. The molecule has 0 radical (unpaired) electrons. The van der Waals surface area contributed by atoms with Crippen LogP contribution in [-0.2, 0) is 0 Å². The van der Waals surface area contributed by atoms with Crippen LogP contribution in [0.5, 0.6) is 5.75 Å². The van der Waals surface area contributed by atoms with E-state index in [9.17, 15) is 4.79 Å². The number of anilines is 1. The van der Waals surface area contributed by atoms with Crippen molar-refractivity contribution >= 4 is 34.9 Å². The number of fused-ring (bicyclic) bond motifs is 1. The van der Waals surface area contributed by atoms with Crippen molar-refractivity contribution < 1.29 is 9.53 Å². The van der Waals surface area contributed by atoms with Crippen LogP contribution < -0.4 is 15.8 Å². The summed E-state index contributed by atoms with van der Waals surface area (Å²) in [4.78, 5) is 34.3. The summed E-state index contributed by atoms with van der Waals surface area (Å²) < 4.78 is 5.49. The molecule has 222 valence electrons. The lowest BCUT2D eigenvalue weighted by Crippen LogP contribution is -2.36. The smallest absolute Gasteiger partial charge is 0.325 e. The summed E-state index contributed by atoms with van der Waals surface area (Å²) in [6, 6.07) is 8.02. The molecular weight excluding hydrogens is 548 g/mol. The van der Waals surface area contributed by atoms with E-state index in [1.165, 1.54) is 22.3 Å². The Bertz CT molecular complexity index is 1460. The van der Waals surface area contributed by atoms with Gasteiger partial charge in [0.25, 0.3) is 0 Å². The predicted molar refractivity (Wildman–Crippen MR) is 170 cm³/mol. The quantitative estimate of drug-likeness (QED) is 0.305. The Kier molecular flexibility index (Phi) is 10.4. The molecule has 0 saturated carbocycles. The van der Waals surface area contributed by atoms with Crippen molar-refractivity contribution in [1.82, 2.24) is 24.8 Å². The number of ether oxygens (including phenoxy) is 1. The average Bonchev–Trinajstić information content (AvgIpc) is 3.35. The highest BCUT2D eigenvalue weighted by atomic mass is 32.2. The number of carbonyl (C=O) groups is 1. The zero-order valence-corrected chi connectivity index (χ0v) is 26.0. The zero-order chi connectivity index (χ0) is 30.2. The topological polar surface area (TPSA) is 122 Å². The van der Waals surface area contributed by atoms with Crippen LogP contribution in [0.3, 0.4) is 0 Å². The molecule has 2 aliphatic rings.